The van der Waals surface area contributed by atoms with Crippen molar-refractivity contribution >= 4 is 34.8 Å². The first-order chi connectivity index (χ1) is 16.0. The van der Waals surface area contributed by atoms with E-state index in [9.17, 15) is 0 Å². The summed E-state index contributed by atoms with van der Waals surface area (Å²) in [5.74, 6) is 1.12. The number of nitrogens with zero attached hydrogens (tertiary/aromatic N) is 5. The van der Waals surface area contributed by atoms with E-state index in [1.54, 1.807) is 24.8 Å². The standard InChI is InChI=1S/C24H25Cl2N7/c1-14(2)21(19-4-3-9-28-19)30-24-31-22(15-7-10-27-11-8-15)20(23-32-29-13-33(23)24)16-5-6-17(25)18(26)12-16/h5-8,10-14,19,21,28H,3-4,9H2,1-2H3,(H,30,31)/t19-,21?/m0/s1. The maximum atomic E-state index is 6.37. The molecule has 170 valence electrons. The van der Waals surface area contributed by atoms with E-state index in [2.05, 4.69) is 39.7 Å². The number of rotatable bonds is 6. The van der Waals surface area contributed by atoms with Crippen LogP contribution in [0.1, 0.15) is 26.7 Å². The number of anilines is 1. The van der Waals surface area contributed by atoms with Crippen molar-refractivity contribution in [3.05, 3.63) is 59.1 Å². The van der Waals surface area contributed by atoms with Crippen LogP contribution in [-0.2, 0) is 0 Å². The molecule has 0 radical (unpaired) electrons. The zero-order valence-electron chi connectivity index (χ0n) is 18.5. The summed E-state index contributed by atoms with van der Waals surface area (Å²) in [7, 11) is 0. The molecular formula is C24H25Cl2N7. The first-order valence-electron chi connectivity index (χ1n) is 11.1. The molecule has 4 aromatic rings. The number of fused-ring (bicyclic) bond motifs is 1. The molecule has 1 aromatic carbocycles. The number of pyridine rings is 1. The quantitative estimate of drug-likeness (QED) is 0.386. The van der Waals surface area contributed by atoms with Crippen LogP contribution in [0.15, 0.2) is 49.1 Å². The lowest BCUT2D eigenvalue weighted by atomic mass is 9.95. The number of nitrogens with one attached hydrogen (secondary N) is 2. The minimum atomic E-state index is 0.215. The van der Waals surface area contributed by atoms with Crippen molar-refractivity contribution < 1.29 is 0 Å². The molecule has 3 aromatic heterocycles. The Morgan fingerprint density at radius 2 is 1.91 bits per heavy atom. The average molecular weight is 482 g/mol. The second kappa shape index (κ2) is 9.25. The molecule has 4 heterocycles. The minimum Gasteiger partial charge on any atom is -0.351 e. The minimum absolute atomic E-state index is 0.215. The number of benzene rings is 1. The third kappa shape index (κ3) is 4.28. The zero-order valence-corrected chi connectivity index (χ0v) is 20.0. The van der Waals surface area contributed by atoms with Gasteiger partial charge in [0.15, 0.2) is 5.65 Å². The highest BCUT2D eigenvalue weighted by molar-refractivity contribution is 6.42. The lowest BCUT2D eigenvalue weighted by molar-refractivity contribution is 0.411. The highest BCUT2D eigenvalue weighted by Crippen LogP contribution is 2.37. The van der Waals surface area contributed by atoms with Crippen molar-refractivity contribution in [1.82, 2.24) is 29.9 Å². The van der Waals surface area contributed by atoms with Gasteiger partial charge in [-0.3, -0.25) is 9.38 Å². The molecule has 9 heteroatoms. The molecule has 7 nitrogen and oxygen atoms in total. The van der Waals surface area contributed by atoms with Crippen LogP contribution in [-0.4, -0.2) is 43.2 Å². The van der Waals surface area contributed by atoms with E-state index in [0.717, 1.165) is 35.3 Å². The van der Waals surface area contributed by atoms with E-state index in [1.165, 1.54) is 6.42 Å². The maximum absolute atomic E-state index is 6.37. The molecule has 1 aliphatic heterocycles. The Morgan fingerprint density at radius 3 is 2.61 bits per heavy atom. The Bertz CT molecular complexity index is 1270. The second-order valence-corrected chi connectivity index (χ2v) is 9.48. The number of hydrogen-bond acceptors (Lipinski definition) is 6. The largest absolute Gasteiger partial charge is 0.351 e. The van der Waals surface area contributed by atoms with Gasteiger partial charge in [0, 0.05) is 30.0 Å². The zero-order chi connectivity index (χ0) is 22.9. The van der Waals surface area contributed by atoms with Gasteiger partial charge in [0.25, 0.3) is 0 Å². The van der Waals surface area contributed by atoms with Gasteiger partial charge < -0.3 is 10.6 Å². The lowest BCUT2D eigenvalue weighted by Crippen LogP contribution is -2.44. The summed E-state index contributed by atoms with van der Waals surface area (Å²) in [5.41, 5.74) is 4.11. The maximum Gasteiger partial charge on any atom is 0.210 e. The van der Waals surface area contributed by atoms with Crippen LogP contribution in [0.2, 0.25) is 10.0 Å². The van der Waals surface area contributed by atoms with Gasteiger partial charge in [0.05, 0.1) is 21.3 Å². The molecule has 1 unspecified atom stereocenters. The fourth-order valence-corrected chi connectivity index (χ4v) is 4.82. The topological polar surface area (TPSA) is 80.0 Å². The average Bonchev–Trinajstić information content (AvgIpc) is 3.52. The molecule has 1 saturated heterocycles. The molecule has 0 aliphatic carbocycles. The van der Waals surface area contributed by atoms with Gasteiger partial charge in [-0.25, -0.2) is 4.98 Å². The van der Waals surface area contributed by atoms with Crippen molar-refractivity contribution in [2.75, 3.05) is 11.9 Å². The predicted octanol–water partition coefficient (Wildman–Crippen LogP) is 5.35. The third-order valence-corrected chi connectivity index (χ3v) is 6.90. The summed E-state index contributed by atoms with van der Waals surface area (Å²) in [5, 5.41) is 17.0. The first-order valence-corrected chi connectivity index (χ1v) is 11.9. The summed E-state index contributed by atoms with van der Waals surface area (Å²) in [6.45, 7) is 5.51. The summed E-state index contributed by atoms with van der Waals surface area (Å²) in [4.78, 5) is 9.28. The van der Waals surface area contributed by atoms with Gasteiger partial charge in [-0.05, 0) is 55.1 Å². The van der Waals surface area contributed by atoms with Crippen molar-refractivity contribution in [2.24, 2.45) is 5.92 Å². The van der Waals surface area contributed by atoms with E-state index in [0.29, 0.717) is 33.6 Å². The predicted molar refractivity (Wildman–Crippen MR) is 133 cm³/mol. The molecule has 1 fully saturated rings. The van der Waals surface area contributed by atoms with Crippen LogP contribution in [0.25, 0.3) is 28.0 Å². The fourth-order valence-electron chi connectivity index (χ4n) is 4.52. The smallest absolute Gasteiger partial charge is 0.210 e. The molecule has 0 saturated carbocycles. The molecular weight excluding hydrogens is 457 g/mol. The number of hydrogen-bond donors (Lipinski definition) is 2. The van der Waals surface area contributed by atoms with Crippen LogP contribution in [0, 0.1) is 5.92 Å². The van der Waals surface area contributed by atoms with E-state index < -0.39 is 0 Å². The summed E-state index contributed by atoms with van der Waals surface area (Å²) in [6, 6.07) is 10.0. The number of aromatic nitrogens is 5. The van der Waals surface area contributed by atoms with E-state index in [4.69, 9.17) is 28.2 Å². The lowest BCUT2D eigenvalue weighted by Gasteiger charge is -2.29. The van der Waals surface area contributed by atoms with Gasteiger partial charge in [0.1, 0.15) is 6.33 Å². The second-order valence-electron chi connectivity index (χ2n) is 8.67. The number of halogens is 2. The molecule has 2 N–H and O–H groups in total. The van der Waals surface area contributed by atoms with E-state index >= 15 is 0 Å². The van der Waals surface area contributed by atoms with Crippen LogP contribution < -0.4 is 10.6 Å². The molecule has 5 rings (SSSR count). The van der Waals surface area contributed by atoms with Crippen molar-refractivity contribution in [2.45, 2.75) is 38.8 Å². The van der Waals surface area contributed by atoms with Crippen molar-refractivity contribution in [3.63, 3.8) is 0 Å². The van der Waals surface area contributed by atoms with Gasteiger partial charge in [0.2, 0.25) is 5.95 Å². The SMILES string of the molecule is CC(C)C(Nc1nc(-c2ccncc2)c(-c2ccc(Cl)c(Cl)c2)c2nncn12)[C@@H]1CCCN1. The summed E-state index contributed by atoms with van der Waals surface area (Å²) in [6.07, 6.45) is 7.54. The first kappa shape index (κ1) is 22.1. The van der Waals surface area contributed by atoms with Gasteiger partial charge >= 0.3 is 0 Å². The Hall–Kier alpha value is -2.74. The Kier molecular flexibility index (Phi) is 6.19. The van der Waals surface area contributed by atoms with Crippen LogP contribution in [0.5, 0.6) is 0 Å². The molecule has 1 aliphatic rings. The normalized spacial score (nSPS) is 17.1. The van der Waals surface area contributed by atoms with Gasteiger partial charge in [-0.15, -0.1) is 10.2 Å². The van der Waals surface area contributed by atoms with Gasteiger partial charge in [-0.1, -0.05) is 43.1 Å². The van der Waals surface area contributed by atoms with Crippen LogP contribution in [0.4, 0.5) is 5.95 Å². The van der Waals surface area contributed by atoms with Gasteiger partial charge in [-0.2, -0.15) is 0 Å². The molecule has 33 heavy (non-hydrogen) atoms. The van der Waals surface area contributed by atoms with Crippen molar-refractivity contribution in [3.8, 4) is 22.4 Å². The monoisotopic (exact) mass is 481 g/mol. The Morgan fingerprint density at radius 1 is 1.09 bits per heavy atom. The molecule has 0 spiro atoms. The fraction of sp³-hybridized carbons (Fsp3) is 0.333. The highest BCUT2D eigenvalue weighted by Gasteiger charge is 2.29. The van der Waals surface area contributed by atoms with E-state index in [-0.39, 0.29) is 6.04 Å². The third-order valence-electron chi connectivity index (χ3n) is 6.16. The molecule has 2 atom stereocenters. The summed E-state index contributed by atoms with van der Waals surface area (Å²) >= 11 is 12.6. The Balaban J connectivity index is 1.71. The van der Waals surface area contributed by atoms with Crippen molar-refractivity contribution in [1.29, 1.82) is 0 Å². The highest BCUT2D eigenvalue weighted by atomic mass is 35.5. The van der Waals surface area contributed by atoms with E-state index in [1.807, 2.05) is 28.7 Å². The molecule has 0 bridgehead atoms. The summed E-state index contributed by atoms with van der Waals surface area (Å²) < 4.78 is 1.91. The van der Waals surface area contributed by atoms with Crippen LogP contribution >= 0.6 is 23.2 Å². The Labute approximate surface area is 202 Å². The van der Waals surface area contributed by atoms with Crippen LogP contribution in [0.3, 0.4) is 0 Å². The molecule has 0 amide bonds.